The largest absolute Gasteiger partial charge is 0.495 e. The van der Waals surface area contributed by atoms with Gasteiger partial charge in [-0.3, -0.25) is 0 Å². The number of likely N-dealkylation sites (N-methyl/N-ethyl adjacent to an activating group) is 1. The van der Waals surface area contributed by atoms with Crippen LogP contribution in [0, 0.1) is 34.6 Å². The van der Waals surface area contributed by atoms with Gasteiger partial charge in [-0.15, -0.1) is 0 Å². The second-order valence-corrected chi connectivity index (χ2v) is 15.4. The Morgan fingerprint density at radius 2 is 1.22 bits per heavy atom. The zero-order valence-electron chi connectivity index (χ0n) is 27.7. The molecule has 1 heterocycles. The Morgan fingerprint density at radius 1 is 0.689 bits per heavy atom. The van der Waals surface area contributed by atoms with Gasteiger partial charge in [0.25, 0.3) is 0 Å². The van der Waals surface area contributed by atoms with Crippen molar-refractivity contribution in [3.05, 3.63) is 69.8 Å². The van der Waals surface area contributed by atoms with Crippen molar-refractivity contribution in [2.45, 2.75) is 50.8 Å². The third-order valence-electron chi connectivity index (χ3n) is 9.13. The third-order valence-corrected chi connectivity index (χ3v) is 13.2. The molecule has 0 atom stereocenters. The van der Waals surface area contributed by atoms with Crippen molar-refractivity contribution < 1.29 is 31.0 Å². The lowest BCUT2D eigenvalue weighted by Gasteiger charge is -2.37. The van der Waals surface area contributed by atoms with Gasteiger partial charge in [-0.1, -0.05) is 6.07 Å². The van der Waals surface area contributed by atoms with Crippen LogP contribution in [0.2, 0.25) is 0 Å². The summed E-state index contributed by atoms with van der Waals surface area (Å²) in [5.74, 6) is 1.72. The van der Waals surface area contributed by atoms with Crippen molar-refractivity contribution in [3.63, 3.8) is 0 Å². The summed E-state index contributed by atoms with van der Waals surface area (Å²) in [7, 11) is -1.33. The number of piperazine rings is 1. The molecular formula is C33H45N3O7S2. The third kappa shape index (κ3) is 6.65. The molecule has 0 aromatic heterocycles. The molecule has 0 saturated carbocycles. The standard InChI is InChI=1S/C33H45N3O7S2/c1-22-23(2)25(4)33(26(5)24(22)3)45(39,40)36-18-16-35(17-19-36)29-21-28(11-13-30(29)41-7)44(37,38)34(6)15-14-27-10-12-31(42-8)32(20-27)43-9/h10-13,20-21H,14-19H2,1-9H3. The number of ether oxygens (including phenoxy) is 3. The molecule has 10 nitrogen and oxygen atoms in total. The van der Waals surface area contributed by atoms with E-state index in [9.17, 15) is 16.8 Å². The molecule has 3 aromatic rings. The molecule has 1 fully saturated rings. The highest BCUT2D eigenvalue weighted by Crippen LogP contribution is 2.35. The Kier molecular flexibility index (Phi) is 10.4. The monoisotopic (exact) mass is 659 g/mol. The summed E-state index contributed by atoms with van der Waals surface area (Å²) in [5.41, 5.74) is 6.19. The molecule has 12 heteroatoms. The van der Waals surface area contributed by atoms with E-state index in [1.54, 1.807) is 45.5 Å². The lowest BCUT2D eigenvalue weighted by Crippen LogP contribution is -2.49. The van der Waals surface area contributed by atoms with E-state index in [2.05, 4.69) is 0 Å². The van der Waals surface area contributed by atoms with Gasteiger partial charge in [0, 0.05) is 39.8 Å². The number of hydrogen-bond donors (Lipinski definition) is 0. The molecule has 0 bridgehead atoms. The molecule has 4 rings (SSSR count). The first-order chi connectivity index (χ1) is 21.2. The number of hydrogen-bond acceptors (Lipinski definition) is 8. The van der Waals surface area contributed by atoms with Gasteiger partial charge in [-0.05, 0) is 105 Å². The first-order valence-corrected chi connectivity index (χ1v) is 17.7. The smallest absolute Gasteiger partial charge is 0.243 e. The van der Waals surface area contributed by atoms with Crippen molar-refractivity contribution in [1.29, 1.82) is 0 Å². The van der Waals surface area contributed by atoms with Crippen molar-refractivity contribution in [2.75, 3.05) is 66.0 Å². The summed E-state index contributed by atoms with van der Waals surface area (Å²) in [4.78, 5) is 2.51. The van der Waals surface area contributed by atoms with E-state index in [4.69, 9.17) is 14.2 Å². The quantitative estimate of drug-likeness (QED) is 0.294. The zero-order valence-corrected chi connectivity index (χ0v) is 29.4. The fourth-order valence-corrected chi connectivity index (χ4v) is 9.03. The first kappa shape index (κ1) is 34.6. The predicted octanol–water partition coefficient (Wildman–Crippen LogP) is 4.63. The van der Waals surface area contributed by atoms with Crippen LogP contribution in [0.1, 0.15) is 33.4 Å². The van der Waals surface area contributed by atoms with Crippen LogP contribution < -0.4 is 19.1 Å². The van der Waals surface area contributed by atoms with Crippen LogP contribution >= 0.6 is 0 Å². The molecule has 0 N–H and O–H groups in total. The summed E-state index contributed by atoms with van der Waals surface area (Å²) in [6.45, 7) is 11.3. The highest BCUT2D eigenvalue weighted by Gasteiger charge is 2.33. The average Bonchev–Trinajstić information content (AvgIpc) is 3.04. The number of methoxy groups -OCH3 is 3. The maximum atomic E-state index is 13.9. The van der Waals surface area contributed by atoms with Crippen molar-refractivity contribution in [1.82, 2.24) is 8.61 Å². The van der Waals surface area contributed by atoms with E-state index in [1.165, 1.54) is 15.7 Å². The molecule has 1 aliphatic rings. The number of nitrogens with zero attached hydrogens (tertiary/aromatic N) is 3. The predicted molar refractivity (Wildman–Crippen MR) is 177 cm³/mol. The highest BCUT2D eigenvalue weighted by atomic mass is 32.2. The number of benzene rings is 3. The fourth-order valence-electron chi connectivity index (χ4n) is 5.85. The van der Waals surface area contributed by atoms with Crippen molar-refractivity contribution in [2.24, 2.45) is 0 Å². The molecule has 0 spiro atoms. The van der Waals surface area contributed by atoms with E-state index in [0.717, 1.165) is 33.4 Å². The molecule has 45 heavy (non-hydrogen) atoms. The maximum Gasteiger partial charge on any atom is 0.243 e. The van der Waals surface area contributed by atoms with Gasteiger partial charge in [0.1, 0.15) is 5.75 Å². The van der Waals surface area contributed by atoms with Gasteiger partial charge >= 0.3 is 0 Å². The van der Waals surface area contributed by atoms with Crippen LogP contribution in [0.3, 0.4) is 0 Å². The molecule has 246 valence electrons. The van der Waals surface area contributed by atoms with Crippen molar-refractivity contribution >= 4 is 25.7 Å². The minimum atomic E-state index is -3.83. The number of anilines is 1. The van der Waals surface area contributed by atoms with Crippen LogP contribution in [-0.4, -0.2) is 86.5 Å². The molecule has 0 radical (unpaired) electrons. The molecule has 0 amide bonds. The maximum absolute atomic E-state index is 13.9. The van der Waals surface area contributed by atoms with E-state index >= 15 is 0 Å². The Morgan fingerprint density at radius 3 is 1.78 bits per heavy atom. The van der Waals surface area contributed by atoms with Crippen LogP contribution in [0.4, 0.5) is 5.69 Å². The highest BCUT2D eigenvalue weighted by molar-refractivity contribution is 7.89. The van der Waals surface area contributed by atoms with Crippen LogP contribution in [0.15, 0.2) is 46.2 Å². The molecule has 3 aromatic carbocycles. The molecule has 1 saturated heterocycles. The van der Waals surface area contributed by atoms with E-state index < -0.39 is 20.0 Å². The Labute approximate surface area is 268 Å². The molecule has 1 aliphatic heterocycles. The summed E-state index contributed by atoms with van der Waals surface area (Å²) in [6, 6.07) is 10.3. The molecular weight excluding hydrogens is 615 g/mol. The van der Waals surface area contributed by atoms with Gasteiger partial charge in [0.2, 0.25) is 20.0 Å². The first-order valence-electron chi connectivity index (χ1n) is 14.9. The second-order valence-electron chi connectivity index (χ2n) is 11.4. The lowest BCUT2D eigenvalue weighted by molar-refractivity contribution is 0.354. The van der Waals surface area contributed by atoms with E-state index in [0.29, 0.717) is 47.3 Å². The SMILES string of the molecule is COc1ccc(CCN(C)S(=O)(=O)c2ccc(OC)c(N3CCN(S(=O)(=O)c4c(C)c(C)c(C)c(C)c4C)CC3)c2)cc1OC. The summed E-state index contributed by atoms with van der Waals surface area (Å²) >= 11 is 0. The number of rotatable bonds is 11. The summed E-state index contributed by atoms with van der Waals surface area (Å²) in [5, 5.41) is 0. The van der Waals surface area contributed by atoms with Gasteiger partial charge in [0.15, 0.2) is 11.5 Å². The lowest BCUT2D eigenvalue weighted by atomic mass is 9.95. The van der Waals surface area contributed by atoms with Gasteiger partial charge < -0.3 is 19.1 Å². The Hall–Kier alpha value is -3.32. The van der Waals surface area contributed by atoms with Crippen LogP contribution in [0.5, 0.6) is 17.2 Å². The normalized spacial score (nSPS) is 14.6. The average molecular weight is 660 g/mol. The van der Waals surface area contributed by atoms with Gasteiger partial charge in [0.05, 0.1) is 36.8 Å². The molecule has 0 unspecified atom stereocenters. The van der Waals surface area contributed by atoms with Crippen LogP contribution in [0.25, 0.3) is 0 Å². The van der Waals surface area contributed by atoms with Gasteiger partial charge in [-0.25, -0.2) is 21.1 Å². The second kappa shape index (κ2) is 13.6. The summed E-state index contributed by atoms with van der Waals surface area (Å²) < 4.78 is 74.2. The minimum absolute atomic E-state index is 0.139. The molecule has 0 aliphatic carbocycles. The van der Waals surface area contributed by atoms with E-state index in [1.807, 2.05) is 51.7 Å². The number of sulfonamides is 2. The summed E-state index contributed by atoms with van der Waals surface area (Å²) in [6.07, 6.45) is 0.481. The Bertz CT molecular complexity index is 1750. The van der Waals surface area contributed by atoms with E-state index in [-0.39, 0.29) is 24.5 Å². The fraction of sp³-hybridized carbons (Fsp3) is 0.455. The van der Waals surface area contributed by atoms with Gasteiger partial charge in [-0.2, -0.15) is 4.31 Å². The van der Waals surface area contributed by atoms with Crippen LogP contribution in [-0.2, 0) is 26.5 Å². The topological polar surface area (TPSA) is 106 Å². The minimum Gasteiger partial charge on any atom is -0.495 e. The Balaban J connectivity index is 1.53. The van der Waals surface area contributed by atoms with Crippen molar-refractivity contribution in [3.8, 4) is 17.2 Å². The zero-order chi connectivity index (χ0) is 33.3.